The highest BCUT2D eigenvalue weighted by molar-refractivity contribution is 5.49. The minimum absolute atomic E-state index is 0.187. The third-order valence-corrected chi connectivity index (χ3v) is 2.49. The standard InChI is InChI=1S/C14H14N4O/c1-10-7-11(9-15)17-14(16-10)19-13-6-4-5-12(8-13)18(2)3/h4-8H,1-3H3. The molecule has 0 aliphatic heterocycles. The average Bonchev–Trinajstić information content (AvgIpc) is 2.38. The summed E-state index contributed by atoms with van der Waals surface area (Å²) in [5.41, 5.74) is 2.02. The fourth-order valence-corrected chi connectivity index (χ4v) is 1.57. The second-order valence-electron chi connectivity index (χ2n) is 4.28. The van der Waals surface area contributed by atoms with Gasteiger partial charge in [-0.25, -0.2) is 4.98 Å². The molecular weight excluding hydrogens is 240 g/mol. The molecule has 0 aliphatic carbocycles. The normalized spacial score (nSPS) is 9.79. The van der Waals surface area contributed by atoms with Crippen LogP contribution < -0.4 is 9.64 Å². The topological polar surface area (TPSA) is 62.0 Å². The van der Waals surface area contributed by atoms with Gasteiger partial charge in [-0.05, 0) is 25.1 Å². The van der Waals surface area contributed by atoms with E-state index in [9.17, 15) is 0 Å². The van der Waals surface area contributed by atoms with E-state index < -0.39 is 0 Å². The van der Waals surface area contributed by atoms with Crippen molar-refractivity contribution in [1.29, 1.82) is 5.26 Å². The molecule has 0 aliphatic rings. The Morgan fingerprint density at radius 1 is 1.21 bits per heavy atom. The van der Waals surface area contributed by atoms with E-state index in [4.69, 9.17) is 10.00 Å². The Balaban J connectivity index is 2.28. The minimum Gasteiger partial charge on any atom is -0.424 e. The van der Waals surface area contributed by atoms with Crippen LogP contribution in [0.5, 0.6) is 11.8 Å². The molecule has 5 nitrogen and oxygen atoms in total. The van der Waals surface area contributed by atoms with Crippen LogP contribution in [0.15, 0.2) is 30.3 Å². The van der Waals surface area contributed by atoms with Gasteiger partial charge in [0.15, 0.2) is 0 Å². The van der Waals surface area contributed by atoms with Crippen LogP contribution in [0.2, 0.25) is 0 Å². The smallest absolute Gasteiger partial charge is 0.323 e. The van der Waals surface area contributed by atoms with Gasteiger partial charge in [0.2, 0.25) is 0 Å². The van der Waals surface area contributed by atoms with Crippen molar-refractivity contribution in [1.82, 2.24) is 9.97 Å². The zero-order chi connectivity index (χ0) is 13.8. The van der Waals surface area contributed by atoms with Gasteiger partial charge >= 0.3 is 6.01 Å². The van der Waals surface area contributed by atoms with Crippen molar-refractivity contribution in [3.63, 3.8) is 0 Å². The lowest BCUT2D eigenvalue weighted by Crippen LogP contribution is -2.08. The van der Waals surface area contributed by atoms with Crippen molar-refractivity contribution in [2.24, 2.45) is 0 Å². The molecule has 0 N–H and O–H groups in total. The van der Waals surface area contributed by atoms with E-state index >= 15 is 0 Å². The van der Waals surface area contributed by atoms with E-state index in [-0.39, 0.29) is 6.01 Å². The molecule has 0 amide bonds. The summed E-state index contributed by atoms with van der Waals surface area (Å²) in [5.74, 6) is 0.640. The molecule has 1 heterocycles. The maximum Gasteiger partial charge on any atom is 0.323 e. The molecule has 0 saturated carbocycles. The number of benzene rings is 1. The number of rotatable bonds is 3. The van der Waals surface area contributed by atoms with Crippen LogP contribution in [0.4, 0.5) is 5.69 Å². The number of hydrogen-bond donors (Lipinski definition) is 0. The third kappa shape index (κ3) is 3.19. The average molecular weight is 254 g/mol. The summed E-state index contributed by atoms with van der Waals surface area (Å²) in [6.07, 6.45) is 0. The summed E-state index contributed by atoms with van der Waals surface area (Å²) >= 11 is 0. The van der Waals surface area contributed by atoms with E-state index in [1.807, 2.05) is 49.3 Å². The van der Waals surface area contributed by atoms with Crippen LogP contribution >= 0.6 is 0 Å². The first kappa shape index (κ1) is 12.8. The number of aryl methyl sites for hydroxylation is 1. The van der Waals surface area contributed by atoms with Gasteiger partial charge in [0.05, 0.1) is 0 Å². The number of nitrogens with zero attached hydrogens (tertiary/aromatic N) is 4. The lowest BCUT2D eigenvalue weighted by Gasteiger charge is -2.13. The van der Waals surface area contributed by atoms with E-state index in [1.54, 1.807) is 13.0 Å². The first-order valence-electron chi connectivity index (χ1n) is 5.79. The van der Waals surface area contributed by atoms with Crippen LogP contribution in [0.1, 0.15) is 11.4 Å². The van der Waals surface area contributed by atoms with E-state index in [0.717, 1.165) is 5.69 Å². The van der Waals surface area contributed by atoms with Gasteiger partial charge in [-0.15, -0.1) is 0 Å². The first-order valence-corrected chi connectivity index (χ1v) is 5.79. The molecule has 5 heteroatoms. The van der Waals surface area contributed by atoms with Crippen LogP contribution in [0.25, 0.3) is 0 Å². The SMILES string of the molecule is Cc1cc(C#N)nc(Oc2cccc(N(C)C)c2)n1. The monoisotopic (exact) mass is 254 g/mol. The number of aromatic nitrogens is 2. The van der Waals surface area contributed by atoms with Gasteiger partial charge in [0.1, 0.15) is 17.5 Å². The molecule has 0 bridgehead atoms. The Kier molecular flexibility index (Phi) is 3.62. The Morgan fingerprint density at radius 3 is 2.68 bits per heavy atom. The Morgan fingerprint density at radius 2 is 2.00 bits per heavy atom. The summed E-state index contributed by atoms with van der Waals surface area (Å²) in [4.78, 5) is 10.1. The highest BCUT2D eigenvalue weighted by atomic mass is 16.5. The van der Waals surface area contributed by atoms with Gasteiger partial charge in [-0.2, -0.15) is 10.2 Å². The number of anilines is 1. The van der Waals surface area contributed by atoms with E-state index in [2.05, 4.69) is 9.97 Å². The minimum atomic E-state index is 0.187. The predicted molar refractivity (Wildman–Crippen MR) is 72.3 cm³/mol. The second-order valence-corrected chi connectivity index (χ2v) is 4.28. The molecule has 0 atom stereocenters. The highest BCUT2D eigenvalue weighted by Gasteiger charge is 2.05. The Bertz CT molecular complexity index is 632. The molecule has 1 aromatic carbocycles. The summed E-state index contributed by atoms with van der Waals surface area (Å²) in [6.45, 7) is 1.80. The molecule has 2 aromatic rings. The molecule has 0 unspecified atom stereocenters. The van der Waals surface area contributed by atoms with Crippen molar-refractivity contribution >= 4 is 5.69 Å². The van der Waals surface area contributed by atoms with Crippen LogP contribution in [-0.4, -0.2) is 24.1 Å². The van der Waals surface area contributed by atoms with E-state index in [0.29, 0.717) is 17.1 Å². The molecule has 2 rings (SSSR count). The largest absolute Gasteiger partial charge is 0.424 e. The lowest BCUT2D eigenvalue weighted by atomic mass is 10.3. The second kappa shape index (κ2) is 5.36. The van der Waals surface area contributed by atoms with Gasteiger partial charge < -0.3 is 9.64 Å². The highest BCUT2D eigenvalue weighted by Crippen LogP contribution is 2.23. The molecule has 1 aromatic heterocycles. The third-order valence-electron chi connectivity index (χ3n) is 2.49. The van der Waals surface area contributed by atoms with Crippen molar-refractivity contribution in [3.8, 4) is 17.8 Å². The number of ether oxygens (including phenoxy) is 1. The molecule has 0 saturated heterocycles. The fraction of sp³-hybridized carbons (Fsp3) is 0.214. The molecule has 96 valence electrons. The van der Waals surface area contributed by atoms with Gasteiger partial charge in [0, 0.05) is 31.5 Å². The summed E-state index contributed by atoms with van der Waals surface area (Å²) < 4.78 is 5.59. The summed E-state index contributed by atoms with van der Waals surface area (Å²) in [5, 5.41) is 8.87. The molecular formula is C14H14N4O. The van der Waals surface area contributed by atoms with Crippen LogP contribution in [0, 0.1) is 18.3 Å². The fourth-order valence-electron chi connectivity index (χ4n) is 1.57. The molecule has 0 radical (unpaired) electrons. The quantitative estimate of drug-likeness (QED) is 0.842. The summed E-state index contributed by atoms with van der Waals surface area (Å²) in [6, 6.07) is 11.4. The molecule has 19 heavy (non-hydrogen) atoms. The Labute approximate surface area is 112 Å². The zero-order valence-corrected chi connectivity index (χ0v) is 11.1. The van der Waals surface area contributed by atoms with Gasteiger partial charge in [-0.3, -0.25) is 0 Å². The molecule has 0 fully saturated rings. The van der Waals surface area contributed by atoms with Crippen molar-refractivity contribution in [2.45, 2.75) is 6.92 Å². The van der Waals surface area contributed by atoms with Crippen molar-refractivity contribution < 1.29 is 4.74 Å². The van der Waals surface area contributed by atoms with Crippen molar-refractivity contribution in [3.05, 3.63) is 41.7 Å². The number of nitriles is 1. The Hall–Kier alpha value is -2.61. The first-order chi connectivity index (χ1) is 9.08. The van der Waals surface area contributed by atoms with Gasteiger partial charge in [-0.1, -0.05) is 6.07 Å². The maximum atomic E-state index is 8.87. The van der Waals surface area contributed by atoms with Crippen LogP contribution in [-0.2, 0) is 0 Å². The van der Waals surface area contributed by atoms with Crippen LogP contribution in [0.3, 0.4) is 0 Å². The molecule has 0 spiro atoms. The van der Waals surface area contributed by atoms with Gasteiger partial charge in [0.25, 0.3) is 0 Å². The zero-order valence-electron chi connectivity index (χ0n) is 11.1. The predicted octanol–water partition coefficient (Wildman–Crippen LogP) is 2.52. The summed E-state index contributed by atoms with van der Waals surface area (Å²) in [7, 11) is 3.91. The maximum absolute atomic E-state index is 8.87. The number of hydrogen-bond acceptors (Lipinski definition) is 5. The van der Waals surface area contributed by atoms with Crippen molar-refractivity contribution in [2.75, 3.05) is 19.0 Å². The van der Waals surface area contributed by atoms with E-state index in [1.165, 1.54) is 0 Å². The lowest BCUT2D eigenvalue weighted by molar-refractivity contribution is 0.440.